The lowest BCUT2D eigenvalue weighted by atomic mass is 10.1. The summed E-state index contributed by atoms with van der Waals surface area (Å²) in [5, 5.41) is 0. The Kier molecular flexibility index (Phi) is 8.08. The lowest BCUT2D eigenvalue weighted by molar-refractivity contribution is -0.200. The first-order valence-electron chi connectivity index (χ1n) is 9.78. The van der Waals surface area contributed by atoms with E-state index >= 15 is 0 Å². The zero-order valence-corrected chi connectivity index (χ0v) is 15.4. The first-order chi connectivity index (χ1) is 11.1. The molecule has 2 heterocycles. The SMILES string of the molecule is CCCCCCCCCCC/C=C\[C@@H]1C[C@H]2OC(C)(C)O[C@H]2O1. The van der Waals surface area contributed by atoms with Gasteiger partial charge in [0.15, 0.2) is 12.1 Å². The molecule has 3 heteroatoms. The molecule has 0 aromatic carbocycles. The topological polar surface area (TPSA) is 27.7 Å². The summed E-state index contributed by atoms with van der Waals surface area (Å²) in [5.41, 5.74) is 0. The highest BCUT2D eigenvalue weighted by Gasteiger charge is 2.47. The molecule has 2 rings (SSSR count). The minimum atomic E-state index is -0.486. The Balaban J connectivity index is 1.43. The van der Waals surface area contributed by atoms with E-state index in [4.69, 9.17) is 14.2 Å². The molecule has 0 aromatic rings. The molecule has 2 saturated heterocycles. The maximum absolute atomic E-state index is 5.88. The van der Waals surface area contributed by atoms with Crippen molar-refractivity contribution in [1.82, 2.24) is 0 Å². The minimum Gasteiger partial charge on any atom is -0.342 e. The van der Waals surface area contributed by atoms with Gasteiger partial charge in [0.2, 0.25) is 0 Å². The molecular formula is C20H36O3. The molecule has 134 valence electrons. The molecule has 0 aliphatic carbocycles. The highest BCUT2D eigenvalue weighted by Crippen LogP contribution is 2.37. The zero-order valence-electron chi connectivity index (χ0n) is 15.4. The fraction of sp³-hybridized carbons (Fsp3) is 0.900. The molecule has 0 aromatic heterocycles. The standard InChI is InChI=1S/C20H36O3/c1-4-5-6-7-8-9-10-11-12-13-14-15-17-16-18-19(21-17)23-20(2,3)22-18/h14-15,17-19H,4-13,16H2,1-3H3/b15-14-/t17-,18-,19-/m1/s1. The maximum atomic E-state index is 5.88. The van der Waals surface area contributed by atoms with E-state index in [1.165, 1.54) is 57.8 Å². The van der Waals surface area contributed by atoms with E-state index in [0.29, 0.717) is 0 Å². The van der Waals surface area contributed by atoms with E-state index in [2.05, 4.69) is 19.1 Å². The van der Waals surface area contributed by atoms with Crippen molar-refractivity contribution >= 4 is 0 Å². The molecule has 3 nitrogen and oxygen atoms in total. The average Bonchev–Trinajstić information content (AvgIpc) is 2.97. The third-order valence-electron chi connectivity index (χ3n) is 4.74. The van der Waals surface area contributed by atoms with Crippen LogP contribution in [0.3, 0.4) is 0 Å². The van der Waals surface area contributed by atoms with Crippen molar-refractivity contribution in [1.29, 1.82) is 0 Å². The molecule has 2 aliphatic rings. The molecule has 0 bridgehead atoms. The Morgan fingerprint density at radius 2 is 1.57 bits per heavy atom. The summed E-state index contributed by atoms with van der Waals surface area (Å²) in [6.45, 7) is 6.17. The van der Waals surface area contributed by atoms with Crippen LogP contribution in [0.15, 0.2) is 12.2 Å². The third kappa shape index (κ3) is 6.94. The first-order valence-corrected chi connectivity index (χ1v) is 9.78. The predicted octanol–water partition coefficient (Wildman–Crippen LogP) is 5.73. The Morgan fingerprint density at radius 1 is 0.913 bits per heavy atom. The normalized spacial score (nSPS) is 29.4. The van der Waals surface area contributed by atoms with Crippen molar-refractivity contribution in [2.45, 2.75) is 116 Å². The van der Waals surface area contributed by atoms with Crippen LogP contribution in [-0.2, 0) is 14.2 Å². The van der Waals surface area contributed by atoms with E-state index in [-0.39, 0.29) is 18.5 Å². The van der Waals surface area contributed by atoms with Gasteiger partial charge in [-0.25, -0.2) is 0 Å². The van der Waals surface area contributed by atoms with E-state index in [9.17, 15) is 0 Å². The van der Waals surface area contributed by atoms with Gasteiger partial charge in [0.1, 0.15) is 6.10 Å². The molecule has 2 fully saturated rings. The summed E-state index contributed by atoms with van der Waals surface area (Å²) in [6, 6.07) is 0. The zero-order chi connectivity index (χ0) is 16.5. The van der Waals surface area contributed by atoms with Gasteiger partial charge >= 0.3 is 0 Å². The number of allylic oxidation sites excluding steroid dienone is 1. The number of fused-ring (bicyclic) bond motifs is 1. The summed E-state index contributed by atoms with van der Waals surface area (Å²) in [4.78, 5) is 0. The van der Waals surface area contributed by atoms with Crippen LogP contribution in [0.25, 0.3) is 0 Å². The third-order valence-corrected chi connectivity index (χ3v) is 4.74. The van der Waals surface area contributed by atoms with Crippen LogP contribution in [0.1, 0.15) is 91.4 Å². The van der Waals surface area contributed by atoms with Crippen molar-refractivity contribution in [2.75, 3.05) is 0 Å². The number of hydrogen-bond donors (Lipinski definition) is 0. The predicted molar refractivity (Wildman–Crippen MR) is 94.3 cm³/mol. The fourth-order valence-corrected chi connectivity index (χ4v) is 3.48. The second kappa shape index (κ2) is 9.80. The molecule has 0 amide bonds. The van der Waals surface area contributed by atoms with Gasteiger partial charge in [-0.3, -0.25) is 0 Å². The molecule has 0 radical (unpaired) electrons. The van der Waals surface area contributed by atoms with Crippen LogP contribution in [0, 0.1) is 0 Å². The van der Waals surface area contributed by atoms with Gasteiger partial charge in [-0.1, -0.05) is 70.4 Å². The van der Waals surface area contributed by atoms with Gasteiger partial charge in [-0.05, 0) is 26.7 Å². The van der Waals surface area contributed by atoms with Crippen molar-refractivity contribution in [2.24, 2.45) is 0 Å². The first kappa shape index (κ1) is 19.0. The molecule has 0 saturated carbocycles. The lowest BCUT2D eigenvalue weighted by Gasteiger charge is -2.19. The van der Waals surface area contributed by atoms with E-state index in [0.717, 1.165) is 12.8 Å². The van der Waals surface area contributed by atoms with Gasteiger partial charge in [-0.2, -0.15) is 0 Å². The highest BCUT2D eigenvalue weighted by atomic mass is 16.8. The van der Waals surface area contributed by atoms with Gasteiger partial charge in [0.05, 0.1) is 6.10 Å². The van der Waals surface area contributed by atoms with Crippen molar-refractivity contribution in [3.8, 4) is 0 Å². The smallest absolute Gasteiger partial charge is 0.187 e. The second-order valence-corrected chi connectivity index (χ2v) is 7.50. The second-order valence-electron chi connectivity index (χ2n) is 7.50. The molecule has 3 atom stereocenters. The summed E-state index contributed by atoms with van der Waals surface area (Å²) in [5.74, 6) is -0.486. The molecule has 0 N–H and O–H groups in total. The molecule has 0 spiro atoms. The Hall–Kier alpha value is -0.380. The number of hydrogen-bond acceptors (Lipinski definition) is 3. The summed E-state index contributed by atoms with van der Waals surface area (Å²) < 4.78 is 17.4. The molecule has 0 unspecified atom stereocenters. The van der Waals surface area contributed by atoms with Gasteiger partial charge in [0, 0.05) is 6.42 Å². The molecule has 2 aliphatic heterocycles. The fourth-order valence-electron chi connectivity index (χ4n) is 3.48. The number of ether oxygens (including phenoxy) is 3. The monoisotopic (exact) mass is 324 g/mol. The van der Waals surface area contributed by atoms with Crippen molar-refractivity contribution in [3.05, 3.63) is 12.2 Å². The van der Waals surface area contributed by atoms with Crippen LogP contribution in [-0.4, -0.2) is 24.3 Å². The van der Waals surface area contributed by atoms with Crippen molar-refractivity contribution in [3.63, 3.8) is 0 Å². The van der Waals surface area contributed by atoms with E-state index in [1.54, 1.807) is 0 Å². The number of rotatable bonds is 11. The largest absolute Gasteiger partial charge is 0.342 e. The molecular weight excluding hydrogens is 288 g/mol. The average molecular weight is 325 g/mol. The van der Waals surface area contributed by atoms with Crippen LogP contribution >= 0.6 is 0 Å². The van der Waals surface area contributed by atoms with Crippen LogP contribution in [0.5, 0.6) is 0 Å². The Bertz CT molecular complexity index is 335. The van der Waals surface area contributed by atoms with Crippen LogP contribution in [0.4, 0.5) is 0 Å². The van der Waals surface area contributed by atoms with E-state index in [1.807, 2.05) is 13.8 Å². The summed E-state index contributed by atoms with van der Waals surface area (Å²) >= 11 is 0. The van der Waals surface area contributed by atoms with E-state index < -0.39 is 5.79 Å². The molecule has 23 heavy (non-hydrogen) atoms. The lowest BCUT2D eigenvalue weighted by Crippen LogP contribution is -2.24. The maximum Gasteiger partial charge on any atom is 0.187 e. The number of unbranched alkanes of at least 4 members (excludes halogenated alkanes) is 9. The van der Waals surface area contributed by atoms with Gasteiger partial charge in [-0.15, -0.1) is 0 Å². The Morgan fingerprint density at radius 3 is 2.22 bits per heavy atom. The van der Waals surface area contributed by atoms with Crippen LogP contribution < -0.4 is 0 Å². The van der Waals surface area contributed by atoms with Crippen molar-refractivity contribution < 1.29 is 14.2 Å². The van der Waals surface area contributed by atoms with Gasteiger partial charge < -0.3 is 14.2 Å². The quantitative estimate of drug-likeness (QED) is 0.359. The summed E-state index contributed by atoms with van der Waals surface area (Å²) in [7, 11) is 0. The Labute approximate surface area is 142 Å². The van der Waals surface area contributed by atoms with Gasteiger partial charge in [0.25, 0.3) is 0 Å². The minimum absolute atomic E-state index is 0.104. The highest BCUT2D eigenvalue weighted by molar-refractivity contribution is 4.97. The summed E-state index contributed by atoms with van der Waals surface area (Å²) in [6.07, 6.45) is 19.1. The van der Waals surface area contributed by atoms with Crippen LogP contribution in [0.2, 0.25) is 0 Å².